The minimum atomic E-state index is -0.264. The van der Waals surface area contributed by atoms with Gasteiger partial charge < -0.3 is 10.3 Å². The Morgan fingerprint density at radius 1 is 1.32 bits per heavy atom. The summed E-state index contributed by atoms with van der Waals surface area (Å²) < 4.78 is 18.6. The summed E-state index contributed by atoms with van der Waals surface area (Å²) in [6, 6.07) is 6.30. The molecule has 0 aliphatic carbocycles. The largest absolute Gasteiger partial charge is 0.338 e. The van der Waals surface area contributed by atoms with E-state index in [2.05, 4.69) is 24.0 Å². The number of hydrogen-bond acceptors (Lipinski definition) is 4. The highest BCUT2D eigenvalue weighted by Gasteiger charge is 2.16. The fourth-order valence-corrected chi connectivity index (χ4v) is 1.91. The van der Waals surface area contributed by atoms with Crippen LogP contribution in [0.2, 0.25) is 0 Å². The molecule has 1 heterocycles. The predicted molar refractivity (Wildman–Crippen MR) is 69.9 cm³/mol. The van der Waals surface area contributed by atoms with Gasteiger partial charge in [0.1, 0.15) is 5.82 Å². The van der Waals surface area contributed by atoms with Crippen molar-refractivity contribution < 1.29 is 8.91 Å². The zero-order valence-electron chi connectivity index (χ0n) is 11.1. The van der Waals surface area contributed by atoms with Gasteiger partial charge in [0.05, 0.1) is 6.04 Å². The molecular weight excluding hydrogens is 245 g/mol. The zero-order valence-corrected chi connectivity index (χ0v) is 11.1. The molecule has 19 heavy (non-hydrogen) atoms. The van der Waals surface area contributed by atoms with Gasteiger partial charge in [-0.2, -0.15) is 4.98 Å². The van der Waals surface area contributed by atoms with E-state index < -0.39 is 0 Å². The topological polar surface area (TPSA) is 64.9 Å². The Labute approximate surface area is 111 Å². The summed E-state index contributed by atoms with van der Waals surface area (Å²) in [4.78, 5) is 4.23. The van der Waals surface area contributed by atoms with E-state index >= 15 is 0 Å². The van der Waals surface area contributed by atoms with Gasteiger partial charge in [-0.1, -0.05) is 37.2 Å². The van der Waals surface area contributed by atoms with Gasteiger partial charge in [-0.15, -0.1) is 0 Å². The fraction of sp³-hybridized carbons (Fsp3) is 0.429. The Morgan fingerprint density at radius 3 is 2.74 bits per heavy atom. The van der Waals surface area contributed by atoms with Crippen LogP contribution < -0.4 is 5.73 Å². The normalized spacial score (nSPS) is 12.9. The first-order chi connectivity index (χ1) is 9.06. The van der Waals surface area contributed by atoms with Gasteiger partial charge >= 0.3 is 0 Å². The number of halogens is 1. The quantitative estimate of drug-likeness (QED) is 0.900. The smallest absolute Gasteiger partial charge is 0.243 e. The number of aromatic nitrogens is 2. The van der Waals surface area contributed by atoms with Crippen molar-refractivity contribution in [3.05, 3.63) is 47.4 Å². The first kappa shape index (κ1) is 13.7. The molecule has 0 fully saturated rings. The van der Waals surface area contributed by atoms with Crippen molar-refractivity contribution in [2.45, 2.75) is 32.7 Å². The van der Waals surface area contributed by atoms with Gasteiger partial charge in [0.15, 0.2) is 5.82 Å². The third-order valence-corrected chi connectivity index (χ3v) is 2.83. The number of rotatable bonds is 5. The third kappa shape index (κ3) is 3.61. The summed E-state index contributed by atoms with van der Waals surface area (Å²) >= 11 is 0. The van der Waals surface area contributed by atoms with E-state index in [4.69, 9.17) is 10.3 Å². The maximum atomic E-state index is 13.5. The van der Waals surface area contributed by atoms with Gasteiger partial charge in [0.2, 0.25) is 5.89 Å². The average molecular weight is 263 g/mol. The van der Waals surface area contributed by atoms with Crippen molar-refractivity contribution in [1.82, 2.24) is 10.1 Å². The molecule has 0 unspecified atom stereocenters. The highest BCUT2D eigenvalue weighted by atomic mass is 19.1. The summed E-state index contributed by atoms with van der Waals surface area (Å²) in [5.74, 6) is 1.07. The lowest BCUT2D eigenvalue weighted by molar-refractivity contribution is 0.332. The molecule has 0 saturated carbocycles. The third-order valence-electron chi connectivity index (χ3n) is 2.83. The standard InChI is InChI=1S/C14H18FN3O/c1-9(2)7-12(16)14-17-13(18-19-14)8-10-5-3-4-6-11(10)15/h3-6,9,12H,7-8,16H2,1-2H3/t12-/m0/s1. The first-order valence-electron chi connectivity index (χ1n) is 6.37. The Hall–Kier alpha value is -1.75. The fourth-order valence-electron chi connectivity index (χ4n) is 1.91. The lowest BCUT2D eigenvalue weighted by Gasteiger charge is -2.08. The molecule has 0 bridgehead atoms. The molecule has 0 radical (unpaired) electrons. The molecule has 5 heteroatoms. The number of nitrogens with zero attached hydrogens (tertiary/aromatic N) is 2. The van der Waals surface area contributed by atoms with Crippen LogP contribution in [0.4, 0.5) is 4.39 Å². The van der Waals surface area contributed by atoms with Crippen LogP contribution in [0.15, 0.2) is 28.8 Å². The lowest BCUT2D eigenvalue weighted by Crippen LogP contribution is -2.13. The van der Waals surface area contributed by atoms with Crippen LogP contribution in [0.3, 0.4) is 0 Å². The number of benzene rings is 1. The molecule has 0 spiro atoms. The van der Waals surface area contributed by atoms with Crippen LogP contribution in [0.5, 0.6) is 0 Å². The Balaban J connectivity index is 2.07. The van der Waals surface area contributed by atoms with Crippen LogP contribution >= 0.6 is 0 Å². The highest BCUT2D eigenvalue weighted by molar-refractivity contribution is 5.20. The molecule has 1 aromatic heterocycles. The number of nitrogens with two attached hydrogens (primary N) is 1. The van der Waals surface area contributed by atoms with Crippen molar-refractivity contribution in [3.63, 3.8) is 0 Å². The van der Waals surface area contributed by atoms with Crippen molar-refractivity contribution in [3.8, 4) is 0 Å². The van der Waals surface area contributed by atoms with Gasteiger partial charge in [-0.25, -0.2) is 4.39 Å². The molecule has 2 aromatic rings. The molecule has 0 saturated heterocycles. The summed E-state index contributed by atoms with van der Waals surface area (Å²) in [5, 5.41) is 3.85. The van der Waals surface area contributed by atoms with Crippen LogP contribution in [0.1, 0.15) is 43.6 Å². The van der Waals surface area contributed by atoms with Gasteiger partial charge in [-0.05, 0) is 24.0 Å². The Bertz CT molecular complexity index is 539. The maximum absolute atomic E-state index is 13.5. The maximum Gasteiger partial charge on any atom is 0.243 e. The predicted octanol–water partition coefficient (Wildman–Crippen LogP) is 2.85. The first-order valence-corrected chi connectivity index (χ1v) is 6.37. The van der Waals surface area contributed by atoms with E-state index in [1.807, 2.05) is 0 Å². The summed E-state index contributed by atoms with van der Waals surface area (Å²) in [7, 11) is 0. The minimum absolute atomic E-state index is 0.262. The van der Waals surface area contributed by atoms with E-state index in [-0.39, 0.29) is 11.9 Å². The van der Waals surface area contributed by atoms with Crippen molar-refractivity contribution in [2.24, 2.45) is 11.7 Å². The molecule has 0 amide bonds. The van der Waals surface area contributed by atoms with Gasteiger partial charge in [-0.3, -0.25) is 0 Å². The van der Waals surface area contributed by atoms with Crippen LogP contribution in [-0.4, -0.2) is 10.1 Å². The molecular formula is C14H18FN3O. The monoisotopic (exact) mass is 263 g/mol. The summed E-state index contributed by atoms with van der Waals surface area (Å²) in [6.07, 6.45) is 1.09. The SMILES string of the molecule is CC(C)C[C@H](N)c1nc(Cc2ccccc2F)no1. The van der Waals surface area contributed by atoms with Gasteiger partial charge in [0.25, 0.3) is 0 Å². The summed E-state index contributed by atoms with van der Waals surface area (Å²) in [5.41, 5.74) is 6.51. The number of hydrogen-bond donors (Lipinski definition) is 1. The van der Waals surface area contributed by atoms with Crippen LogP contribution in [0, 0.1) is 11.7 Å². The lowest BCUT2D eigenvalue weighted by atomic mass is 10.0. The van der Waals surface area contributed by atoms with E-state index in [9.17, 15) is 4.39 Å². The molecule has 0 aliphatic heterocycles. The molecule has 1 aromatic carbocycles. The average Bonchev–Trinajstić information content (AvgIpc) is 2.80. The zero-order chi connectivity index (χ0) is 13.8. The minimum Gasteiger partial charge on any atom is -0.338 e. The molecule has 1 atom stereocenters. The van der Waals surface area contributed by atoms with Crippen molar-refractivity contribution in [2.75, 3.05) is 0 Å². The highest BCUT2D eigenvalue weighted by Crippen LogP contribution is 2.18. The van der Waals surface area contributed by atoms with E-state index in [0.29, 0.717) is 29.6 Å². The molecule has 4 nitrogen and oxygen atoms in total. The second-order valence-corrected chi connectivity index (χ2v) is 5.05. The van der Waals surface area contributed by atoms with E-state index in [0.717, 1.165) is 6.42 Å². The molecule has 2 N–H and O–H groups in total. The van der Waals surface area contributed by atoms with Crippen LogP contribution in [-0.2, 0) is 6.42 Å². The van der Waals surface area contributed by atoms with Crippen molar-refractivity contribution >= 4 is 0 Å². The molecule has 102 valence electrons. The van der Waals surface area contributed by atoms with Crippen LogP contribution in [0.25, 0.3) is 0 Å². The van der Waals surface area contributed by atoms with Crippen molar-refractivity contribution in [1.29, 1.82) is 0 Å². The second-order valence-electron chi connectivity index (χ2n) is 5.05. The Kier molecular flexibility index (Phi) is 4.27. The molecule has 0 aliphatic rings. The summed E-state index contributed by atoms with van der Waals surface area (Å²) in [6.45, 7) is 4.16. The molecule has 2 rings (SSSR count). The van der Waals surface area contributed by atoms with E-state index in [1.165, 1.54) is 6.07 Å². The second kappa shape index (κ2) is 5.93. The van der Waals surface area contributed by atoms with Gasteiger partial charge in [0, 0.05) is 6.42 Å². The Morgan fingerprint density at radius 2 is 2.05 bits per heavy atom. The van der Waals surface area contributed by atoms with E-state index in [1.54, 1.807) is 18.2 Å².